The van der Waals surface area contributed by atoms with Crippen LogP contribution in [-0.2, 0) is 14.8 Å². The number of hydrogen-bond acceptors (Lipinski definition) is 7. The number of aromatic hydroxyl groups is 1. The van der Waals surface area contributed by atoms with E-state index >= 15 is 0 Å². The largest absolute Gasteiger partial charge is 0.504 e. The summed E-state index contributed by atoms with van der Waals surface area (Å²) >= 11 is 5.96. The van der Waals surface area contributed by atoms with Gasteiger partial charge in [-0.15, -0.1) is 0 Å². The summed E-state index contributed by atoms with van der Waals surface area (Å²) < 4.78 is 35.5. The van der Waals surface area contributed by atoms with Crippen LogP contribution in [0.3, 0.4) is 0 Å². The van der Waals surface area contributed by atoms with E-state index in [-0.39, 0.29) is 28.0 Å². The van der Waals surface area contributed by atoms with Crippen molar-refractivity contribution < 1.29 is 27.8 Å². The number of amides is 1. The number of benzene rings is 2. The smallest absolute Gasteiger partial charge is 0.260 e. The van der Waals surface area contributed by atoms with Gasteiger partial charge in [-0.05, 0) is 42.0 Å². The van der Waals surface area contributed by atoms with Gasteiger partial charge in [0.25, 0.3) is 5.91 Å². The van der Waals surface area contributed by atoms with Gasteiger partial charge in [0.1, 0.15) is 12.3 Å². The van der Waals surface area contributed by atoms with Gasteiger partial charge in [-0.2, -0.15) is 5.10 Å². The van der Waals surface area contributed by atoms with Crippen molar-refractivity contribution in [3.05, 3.63) is 47.0 Å². The molecule has 0 heterocycles. The molecule has 0 aliphatic heterocycles. The monoisotopic (exact) mass is 441 g/mol. The van der Waals surface area contributed by atoms with E-state index in [1.807, 2.05) is 0 Å². The molecule has 0 unspecified atom stereocenters. The minimum absolute atomic E-state index is 0.0343. The number of phenols is 1. The van der Waals surface area contributed by atoms with E-state index in [9.17, 15) is 18.3 Å². The van der Waals surface area contributed by atoms with Gasteiger partial charge in [0.15, 0.2) is 11.5 Å². The molecule has 2 aromatic rings. The molecule has 2 aromatic carbocycles. The molecule has 0 spiro atoms. The third-order valence-corrected chi connectivity index (χ3v) is 5.07. The lowest BCUT2D eigenvalue weighted by atomic mass is 10.2. The first-order chi connectivity index (χ1) is 13.7. The molecule has 156 valence electrons. The Morgan fingerprint density at radius 3 is 2.52 bits per heavy atom. The molecule has 29 heavy (non-hydrogen) atoms. The average molecular weight is 442 g/mol. The molecule has 0 saturated carbocycles. The number of carbonyl (C=O) groups is 1. The Morgan fingerprint density at radius 2 is 1.90 bits per heavy atom. The number of sulfonamides is 1. The summed E-state index contributed by atoms with van der Waals surface area (Å²) in [5.74, 6) is -0.226. The van der Waals surface area contributed by atoms with E-state index in [1.165, 1.54) is 44.7 Å². The van der Waals surface area contributed by atoms with E-state index < -0.39 is 22.5 Å². The molecular weight excluding hydrogens is 422 g/mol. The van der Waals surface area contributed by atoms with Crippen molar-refractivity contribution in [1.29, 1.82) is 0 Å². The molecule has 0 radical (unpaired) electrons. The van der Waals surface area contributed by atoms with Crippen molar-refractivity contribution in [1.82, 2.24) is 5.43 Å². The molecule has 1 amide bonds. The number of anilines is 1. The van der Waals surface area contributed by atoms with Crippen LogP contribution in [-0.4, -0.2) is 52.7 Å². The maximum atomic E-state index is 12.3. The first kappa shape index (κ1) is 22.3. The highest BCUT2D eigenvalue weighted by molar-refractivity contribution is 7.92. The summed E-state index contributed by atoms with van der Waals surface area (Å²) in [7, 11) is -1.03. The fourth-order valence-corrected chi connectivity index (χ4v) is 3.38. The molecule has 11 heteroatoms. The van der Waals surface area contributed by atoms with Crippen LogP contribution in [0.1, 0.15) is 5.56 Å². The number of nitrogens with zero attached hydrogens (tertiary/aromatic N) is 2. The minimum Gasteiger partial charge on any atom is -0.504 e. The standard InChI is InChI=1S/C18H20ClN3O6S/c1-27-16-7-5-13(19)9-14(16)22(29(3,25)26)11-18(24)21-20-10-12-4-6-15(23)17(8-12)28-2/h4-10,23H,11H2,1-3H3,(H,21,24)/b20-10-. The zero-order valence-corrected chi connectivity index (χ0v) is 17.5. The Bertz CT molecular complexity index is 1030. The molecule has 0 saturated heterocycles. The molecule has 0 bridgehead atoms. The summed E-state index contributed by atoms with van der Waals surface area (Å²) in [6.45, 7) is -0.536. The van der Waals surface area contributed by atoms with Crippen molar-refractivity contribution in [3.63, 3.8) is 0 Å². The van der Waals surface area contributed by atoms with Crippen LogP contribution in [0.15, 0.2) is 41.5 Å². The van der Waals surface area contributed by atoms with E-state index in [2.05, 4.69) is 10.5 Å². The van der Waals surface area contributed by atoms with Crippen molar-refractivity contribution in [2.75, 3.05) is 31.3 Å². The van der Waals surface area contributed by atoms with Crippen molar-refractivity contribution in [3.8, 4) is 17.2 Å². The van der Waals surface area contributed by atoms with Crippen molar-refractivity contribution in [2.45, 2.75) is 0 Å². The van der Waals surface area contributed by atoms with Crippen LogP contribution in [0.2, 0.25) is 5.02 Å². The number of hydrazone groups is 1. The lowest BCUT2D eigenvalue weighted by molar-refractivity contribution is -0.119. The molecule has 0 aromatic heterocycles. The first-order valence-electron chi connectivity index (χ1n) is 8.16. The van der Waals surface area contributed by atoms with Crippen LogP contribution in [0.5, 0.6) is 17.2 Å². The fraction of sp³-hybridized carbons (Fsp3) is 0.222. The highest BCUT2D eigenvalue weighted by atomic mass is 35.5. The van der Waals surface area contributed by atoms with Gasteiger partial charge in [0, 0.05) is 5.02 Å². The third-order valence-electron chi connectivity index (χ3n) is 3.70. The van der Waals surface area contributed by atoms with Gasteiger partial charge < -0.3 is 14.6 Å². The Kier molecular flexibility index (Phi) is 7.29. The number of rotatable bonds is 8. The Morgan fingerprint density at radius 1 is 1.21 bits per heavy atom. The second-order valence-corrected chi connectivity index (χ2v) is 8.15. The number of hydrogen-bond donors (Lipinski definition) is 2. The van der Waals surface area contributed by atoms with Crippen LogP contribution in [0.25, 0.3) is 0 Å². The van der Waals surface area contributed by atoms with Gasteiger partial charge in [-0.3, -0.25) is 9.10 Å². The average Bonchev–Trinajstić information content (AvgIpc) is 2.66. The molecule has 0 aliphatic carbocycles. The Hall–Kier alpha value is -2.98. The number of halogens is 1. The van der Waals surface area contributed by atoms with Crippen molar-refractivity contribution >= 4 is 39.4 Å². The molecule has 0 fully saturated rings. The predicted molar refractivity (Wildman–Crippen MR) is 111 cm³/mol. The van der Waals surface area contributed by atoms with E-state index in [4.69, 9.17) is 21.1 Å². The van der Waals surface area contributed by atoms with Gasteiger partial charge in [-0.1, -0.05) is 11.6 Å². The maximum Gasteiger partial charge on any atom is 0.260 e. The summed E-state index contributed by atoms with van der Waals surface area (Å²) in [4.78, 5) is 12.3. The first-order valence-corrected chi connectivity index (χ1v) is 10.4. The fourth-order valence-electron chi connectivity index (χ4n) is 2.36. The van der Waals surface area contributed by atoms with Crippen LogP contribution in [0.4, 0.5) is 5.69 Å². The Labute approximate surface area is 173 Å². The highest BCUT2D eigenvalue weighted by Gasteiger charge is 2.24. The summed E-state index contributed by atoms with van der Waals surface area (Å²) in [6, 6.07) is 8.93. The number of ether oxygens (including phenoxy) is 2. The number of phenolic OH excluding ortho intramolecular Hbond substituents is 1. The number of nitrogens with one attached hydrogen (secondary N) is 1. The lowest BCUT2D eigenvalue weighted by Gasteiger charge is -2.23. The van der Waals surface area contributed by atoms with Gasteiger partial charge >= 0.3 is 0 Å². The molecule has 0 aliphatic rings. The number of methoxy groups -OCH3 is 2. The highest BCUT2D eigenvalue weighted by Crippen LogP contribution is 2.32. The van der Waals surface area contributed by atoms with Crippen LogP contribution in [0, 0.1) is 0 Å². The van der Waals surface area contributed by atoms with Crippen LogP contribution >= 0.6 is 11.6 Å². The predicted octanol–water partition coefficient (Wildman–Crippen LogP) is 1.98. The van der Waals surface area contributed by atoms with Crippen LogP contribution < -0.4 is 19.2 Å². The zero-order valence-electron chi connectivity index (χ0n) is 15.9. The van der Waals surface area contributed by atoms with E-state index in [0.717, 1.165) is 10.6 Å². The second kappa shape index (κ2) is 9.48. The third kappa shape index (κ3) is 6.00. The second-order valence-electron chi connectivity index (χ2n) is 5.81. The quantitative estimate of drug-likeness (QED) is 0.477. The normalized spacial score (nSPS) is 11.3. The molecule has 0 atom stereocenters. The van der Waals surface area contributed by atoms with Crippen molar-refractivity contribution in [2.24, 2.45) is 5.10 Å². The number of carbonyl (C=O) groups excluding carboxylic acids is 1. The summed E-state index contributed by atoms with van der Waals surface area (Å²) in [6.07, 6.45) is 2.29. The van der Waals surface area contributed by atoms with Gasteiger partial charge in [0.2, 0.25) is 10.0 Å². The summed E-state index contributed by atoms with van der Waals surface area (Å²) in [5.41, 5.74) is 2.94. The Balaban J connectivity index is 2.17. The topological polar surface area (TPSA) is 118 Å². The molecular formula is C18H20ClN3O6S. The molecule has 9 nitrogen and oxygen atoms in total. The maximum absolute atomic E-state index is 12.3. The zero-order chi connectivity index (χ0) is 21.6. The minimum atomic E-state index is -3.82. The van der Waals surface area contributed by atoms with E-state index in [1.54, 1.807) is 12.1 Å². The van der Waals surface area contributed by atoms with E-state index in [0.29, 0.717) is 5.56 Å². The summed E-state index contributed by atoms with van der Waals surface area (Å²) in [5, 5.41) is 13.7. The SMILES string of the molecule is COc1cc(/C=N\NC(=O)CN(c2cc(Cl)ccc2OC)S(C)(=O)=O)ccc1O. The van der Waals surface area contributed by atoms with Gasteiger partial charge in [-0.25, -0.2) is 13.8 Å². The van der Waals surface area contributed by atoms with Gasteiger partial charge in [0.05, 0.1) is 32.4 Å². The molecule has 2 rings (SSSR count). The molecule has 2 N–H and O–H groups in total. The lowest BCUT2D eigenvalue weighted by Crippen LogP contribution is -2.39.